The summed E-state index contributed by atoms with van der Waals surface area (Å²) in [6.07, 6.45) is 0.590. The third-order valence-electron chi connectivity index (χ3n) is 2.86. The van der Waals surface area contributed by atoms with Crippen LogP contribution in [0.2, 0.25) is 0 Å². The summed E-state index contributed by atoms with van der Waals surface area (Å²) >= 11 is 0. The van der Waals surface area contributed by atoms with Gasteiger partial charge in [-0.05, 0) is 18.6 Å². The van der Waals surface area contributed by atoms with E-state index in [1.807, 2.05) is 0 Å². The minimum absolute atomic E-state index is 0.108. The summed E-state index contributed by atoms with van der Waals surface area (Å²) in [6.45, 7) is -0.200. The number of nitrogens with one attached hydrogen (secondary N) is 1. The number of nitro groups is 1. The van der Waals surface area contributed by atoms with E-state index in [9.17, 15) is 24.5 Å². The first-order valence-electron chi connectivity index (χ1n) is 6.55. The van der Waals surface area contributed by atoms with Gasteiger partial charge in [-0.3, -0.25) is 24.5 Å². The Labute approximate surface area is 126 Å². The van der Waals surface area contributed by atoms with Gasteiger partial charge >= 0.3 is 5.97 Å². The number of Topliss-reactive ketones (excluding diaryl/α,β-unsaturated/α-hetero) is 1. The van der Waals surface area contributed by atoms with Crippen molar-refractivity contribution in [2.24, 2.45) is 0 Å². The van der Waals surface area contributed by atoms with E-state index in [1.54, 1.807) is 0 Å². The van der Waals surface area contributed by atoms with E-state index in [0.29, 0.717) is 6.42 Å². The highest BCUT2D eigenvalue weighted by Crippen LogP contribution is 2.12. The molecule has 1 amide bonds. The van der Waals surface area contributed by atoms with E-state index in [2.05, 4.69) is 10.1 Å². The van der Waals surface area contributed by atoms with Crippen LogP contribution in [0.4, 0.5) is 5.69 Å². The van der Waals surface area contributed by atoms with Crippen LogP contribution in [0.25, 0.3) is 0 Å². The highest BCUT2D eigenvalue weighted by atomic mass is 16.6. The molecule has 0 unspecified atom stereocenters. The van der Waals surface area contributed by atoms with Crippen LogP contribution in [0, 0.1) is 10.1 Å². The molecule has 118 valence electrons. The van der Waals surface area contributed by atoms with Gasteiger partial charge in [0.25, 0.3) is 5.69 Å². The maximum Gasteiger partial charge on any atom is 0.305 e. The quantitative estimate of drug-likeness (QED) is 0.334. The predicted octanol–water partition coefficient (Wildman–Crippen LogP) is 1.24. The van der Waals surface area contributed by atoms with Gasteiger partial charge in [0.1, 0.15) is 0 Å². The molecule has 0 saturated heterocycles. The molecule has 8 heteroatoms. The number of esters is 1. The number of rotatable bonds is 8. The standard InChI is InChI=1S/C14H16N2O6/c1-22-14(19)4-2-3-13(18)15-9-12(17)10-5-7-11(8-6-10)16(20)21/h5-8H,2-4,9H2,1H3,(H,15,18). The van der Waals surface area contributed by atoms with Crippen molar-refractivity contribution >= 4 is 23.3 Å². The van der Waals surface area contributed by atoms with Crippen molar-refractivity contribution in [3.8, 4) is 0 Å². The van der Waals surface area contributed by atoms with Gasteiger partial charge in [0.05, 0.1) is 18.6 Å². The first kappa shape index (κ1) is 17.3. The van der Waals surface area contributed by atoms with Crippen LogP contribution in [0.5, 0.6) is 0 Å². The molecule has 0 heterocycles. The molecule has 0 radical (unpaired) electrons. The summed E-state index contributed by atoms with van der Waals surface area (Å²) in [7, 11) is 1.27. The zero-order chi connectivity index (χ0) is 16.5. The second-order valence-electron chi connectivity index (χ2n) is 4.43. The topological polar surface area (TPSA) is 116 Å². The zero-order valence-corrected chi connectivity index (χ0v) is 12.0. The van der Waals surface area contributed by atoms with Crippen molar-refractivity contribution in [1.29, 1.82) is 0 Å². The van der Waals surface area contributed by atoms with Crippen LogP contribution in [0.15, 0.2) is 24.3 Å². The SMILES string of the molecule is COC(=O)CCCC(=O)NCC(=O)c1ccc([N+](=O)[O-])cc1. The molecular formula is C14H16N2O6. The normalized spacial score (nSPS) is 9.86. The van der Waals surface area contributed by atoms with Crippen LogP contribution in [0.1, 0.15) is 29.6 Å². The number of nitrogens with zero attached hydrogens (tertiary/aromatic N) is 1. The molecule has 8 nitrogen and oxygen atoms in total. The van der Waals surface area contributed by atoms with Gasteiger partial charge < -0.3 is 10.1 Å². The lowest BCUT2D eigenvalue weighted by Gasteiger charge is -2.04. The number of non-ortho nitro benzene ring substituents is 1. The fourth-order valence-electron chi connectivity index (χ4n) is 1.63. The maximum atomic E-state index is 11.8. The summed E-state index contributed by atoms with van der Waals surface area (Å²) in [6, 6.07) is 5.13. The Hall–Kier alpha value is -2.77. The number of hydrogen-bond donors (Lipinski definition) is 1. The van der Waals surface area contributed by atoms with Crippen LogP contribution < -0.4 is 5.32 Å². The first-order valence-corrected chi connectivity index (χ1v) is 6.55. The molecule has 0 spiro atoms. The van der Waals surface area contributed by atoms with Gasteiger partial charge in [0.2, 0.25) is 5.91 Å². The third kappa shape index (κ3) is 5.70. The van der Waals surface area contributed by atoms with Gasteiger partial charge in [-0.15, -0.1) is 0 Å². The molecule has 1 rings (SSSR count). The number of carbonyl (C=O) groups excluding carboxylic acids is 3. The number of carbonyl (C=O) groups is 3. The minimum atomic E-state index is -0.558. The van der Waals surface area contributed by atoms with Crippen molar-refractivity contribution in [3.05, 3.63) is 39.9 Å². The Morgan fingerprint density at radius 1 is 1.18 bits per heavy atom. The molecule has 0 aliphatic heterocycles. The highest BCUT2D eigenvalue weighted by Gasteiger charge is 2.11. The summed E-state index contributed by atoms with van der Waals surface area (Å²) in [5.41, 5.74) is 0.170. The highest BCUT2D eigenvalue weighted by molar-refractivity contribution is 5.99. The third-order valence-corrected chi connectivity index (χ3v) is 2.86. The average molecular weight is 308 g/mol. The average Bonchev–Trinajstić information content (AvgIpc) is 2.52. The van der Waals surface area contributed by atoms with E-state index in [1.165, 1.54) is 31.4 Å². The summed E-state index contributed by atoms with van der Waals surface area (Å²) < 4.78 is 4.44. The van der Waals surface area contributed by atoms with E-state index in [-0.39, 0.29) is 42.3 Å². The van der Waals surface area contributed by atoms with Crippen LogP contribution in [-0.2, 0) is 14.3 Å². The summed E-state index contributed by atoms with van der Waals surface area (Å²) in [5.74, 6) is -1.09. The van der Waals surface area contributed by atoms with E-state index in [4.69, 9.17) is 0 Å². The number of hydrogen-bond acceptors (Lipinski definition) is 6. The second kappa shape index (κ2) is 8.50. The Morgan fingerprint density at radius 2 is 1.82 bits per heavy atom. The van der Waals surface area contributed by atoms with Crippen molar-refractivity contribution in [1.82, 2.24) is 5.32 Å². The maximum absolute atomic E-state index is 11.8. The molecule has 0 aliphatic rings. The lowest BCUT2D eigenvalue weighted by molar-refractivity contribution is -0.384. The number of methoxy groups -OCH3 is 1. The molecule has 0 saturated carbocycles. The van der Waals surface area contributed by atoms with Crippen LogP contribution in [0.3, 0.4) is 0 Å². The van der Waals surface area contributed by atoms with Crippen LogP contribution in [-0.4, -0.2) is 36.2 Å². The van der Waals surface area contributed by atoms with Gasteiger partial charge in [0, 0.05) is 30.5 Å². The molecule has 0 bridgehead atoms. The van der Waals surface area contributed by atoms with Crippen LogP contribution >= 0.6 is 0 Å². The van der Waals surface area contributed by atoms with Crippen molar-refractivity contribution in [3.63, 3.8) is 0 Å². The molecule has 1 aromatic carbocycles. The summed E-state index contributed by atoms with van der Waals surface area (Å²) in [5, 5.41) is 12.9. The Kier molecular flexibility index (Phi) is 6.68. The fraction of sp³-hybridized carbons (Fsp3) is 0.357. The Morgan fingerprint density at radius 3 is 2.36 bits per heavy atom. The molecule has 0 fully saturated rings. The number of benzene rings is 1. The molecule has 1 N–H and O–H groups in total. The Balaban J connectivity index is 2.37. The second-order valence-corrected chi connectivity index (χ2v) is 4.43. The monoisotopic (exact) mass is 308 g/mol. The molecule has 0 aromatic heterocycles. The van der Waals surface area contributed by atoms with Crippen molar-refractivity contribution in [2.45, 2.75) is 19.3 Å². The van der Waals surface area contributed by atoms with Crippen molar-refractivity contribution < 1.29 is 24.0 Å². The van der Waals surface area contributed by atoms with E-state index in [0.717, 1.165) is 0 Å². The lowest BCUT2D eigenvalue weighted by atomic mass is 10.1. The molecule has 1 aromatic rings. The van der Waals surface area contributed by atoms with Gasteiger partial charge in [-0.1, -0.05) is 0 Å². The lowest BCUT2D eigenvalue weighted by Crippen LogP contribution is -2.29. The van der Waals surface area contributed by atoms with E-state index < -0.39 is 10.9 Å². The molecular weight excluding hydrogens is 292 g/mol. The smallest absolute Gasteiger partial charge is 0.305 e. The van der Waals surface area contributed by atoms with Gasteiger partial charge in [0.15, 0.2) is 5.78 Å². The predicted molar refractivity (Wildman–Crippen MR) is 76.3 cm³/mol. The first-order chi connectivity index (χ1) is 10.4. The zero-order valence-electron chi connectivity index (χ0n) is 12.0. The Bertz CT molecular complexity index is 567. The number of nitro benzene ring substituents is 1. The molecule has 0 aliphatic carbocycles. The van der Waals surface area contributed by atoms with Crippen molar-refractivity contribution in [2.75, 3.05) is 13.7 Å². The number of amides is 1. The van der Waals surface area contributed by atoms with Gasteiger partial charge in [-0.25, -0.2) is 0 Å². The summed E-state index contributed by atoms with van der Waals surface area (Å²) in [4.78, 5) is 44.1. The van der Waals surface area contributed by atoms with Gasteiger partial charge in [-0.2, -0.15) is 0 Å². The fourth-order valence-corrected chi connectivity index (χ4v) is 1.63. The van der Waals surface area contributed by atoms with E-state index >= 15 is 0 Å². The molecule has 22 heavy (non-hydrogen) atoms. The molecule has 0 atom stereocenters. The number of ether oxygens (including phenoxy) is 1. The largest absolute Gasteiger partial charge is 0.469 e. The minimum Gasteiger partial charge on any atom is -0.469 e. The number of ketones is 1.